The van der Waals surface area contributed by atoms with Crippen molar-refractivity contribution in [2.24, 2.45) is 0 Å². The molecule has 114 valence electrons. The van der Waals surface area contributed by atoms with Crippen molar-refractivity contribution in [1.82, 2.24) is 0 Å². The van der Waals surface area contributed by atoms with Crippen molar-refractivity contribution in [1.29, 1.82) is 5.26 Å². The molecule has 8 heteroatoms. The number of hydrogen-bond acceptors (Lipinski definition) is 5. The minimum Gasteiger partial charge on any atom is -0.278 e. The third-order valence-electron chi connectivity index (χ3n) is 2.84. The fraction of sp³-hybridized carbons (Fsp3) is 0.0714. The lowest BCUT2D eigenvalue weighted by atomic mass is 10.2. The van der Waals surface area contributed by atoms with Crippen molar-refractivity contribution >= 4 is 25.5 Å². The molecule has 0 fully saturated rings. The van der Waals surface area contributed by atoms with Gasteiger partial charge in [0, 0.05) is 6.26 Å². The monoisotopic (exact) mass is 336 g/mol. The van der Waals surface area contributed by atoms with Crippen LogP contribution in [0.4, 0.5) is 5.69 Å². The van der Waals surface area contributed by atoms with Crippen LogP contribution in [0.1, 0.15) is 5.56 Å². The van der Waals surface area contributed by atoms with Gasteiger partial charge in [0.2, 0.25) is 0 Å². The van der Waals surface area contributed by atoms with Gasteiger partial charge >= 0.3 is 0 Å². The molecule has 0 bridgehead atoms. The van der Waals surface area contributed by atoms with Crippen molar-refractivity contribution in [2.75, 3.05) is 11.0 Å². The largest absolute Gasteiger partial charge is 0.278 e. The van der Waals surface area contributed by atoms with E-state index in [0.29, 0.717) is 0 Å². The molecule has 0 atom stereocenters. The van der Waals surface area contributed by atoms with Crippen LogP contribution in [-0.4, -0.2) is 23.1 Å². The molecule has 2 aromatic carbocycles. The summed E-state index contributed by atoms with van der Waals surface area (Å²) in [4.78, 5) is -0.285. The number of sulfonamides is 1. The van der Waals surface area contributed by atoms with Crippen molar-refractivity contribution in [3.05, 3.63) is 54.1 Å². The van der Waals surface area contributed by atoms with Crippen LogP contribution in [0.3, 0.4) is 0 Å². The van der Waals surface area contributed by atoms with E-state index in [1.54, 1.807) is 12.1 Å². The van der Waals surface area contributed by atoms with Gasteiger partial charge < -0.3 is 0 Å². The van der Waals surface area contributed by atoms with Gasteiger partial charge in [0.05, 0.1) is 21.0 Å². The first-order chi connectivity index (χ1) is 10.2. The van der Waals surface area contributed by atoms with Gasteiger partial charge in [0.1, 0.15) is 6.07 Å². The first kappa shape index (κ1) is 16.0. The van der Waals surface area contributed by atoms with Gasteiger partial charge in [-0.2, -0.15) is 5.26 Å². The van der Waals surface area contributed by atoms with E-state index in [1.807, 2.05) is 6.07 Å². The van der Waals surface area contributed by atoms with E-state index < -0.39 is 19.9 Å². The molecule has 0 heterocycles. The predicted octanol–water partition coefficient (Wildman–Crippen LogP) is 1.76. The molecule has 0 aliphatic carbocycles. The second-order valence-electron chi connectivity index (χ2n) is 4.51. The van der Waals surface area contributed by atoms with E-state index in [1.165, 1.54) is 30.3 Å². The van der Waals surface area contributed by atoms with Crippen molar-refractivity contribution in [3.8, 4) is 6.07 Å². The Hall–Kier alpha value is -2.37. The highest BCUT2D eigenvalue weighted by Crippen LogP contribution is 2.21. The Balaban J connectivity index is 2.46. The van der Waals surface area contributed by atoms with Gasteiger partial charge in [0.15, 0.2) is 9.84 Å². The number of nitrogens with one attached hydrogen (secondary N) is 1. The Morgan fingerprint density at radius 2 is 1.59 bits per heavy atom. The zero-order valence-electron chi connectivity index (χ0n) is 11.5. The standard InChI is InChI=1S/C14H12N2O4S2/c1-21(17,18)12-6-4-7-13(9-12)22(19,20)16-14-8-3-2-5-11(14)10-15/h2-9,16H,1H3. The number of para-hydroxylation sites is 1. The Morgan fingerprint density at radius 1 is 0.955 bits per heavy atom. The molecule has 0 aliphatic rings. The van der Waals surface area contributed by atoms with Gasteiger partial charge in [0.25, 0.3) is 10.0 Å². The van der Waals surface area contributed by atoms with E-state index in [-0.39, 0.29) is 21.0 Å². The van der Waals surface area contributed by atoms with E-state index in [0.717, 1.165) is 12.3 Å². The average molecular weight is 336 g/mol. The van der Waals surface area contributed by atoms with Crippen LogP contribution in [0.5, 0.6) is 0 Å². The quantitative estimate of drug-likeness (QED) is 0.916. The number of hydrogen-bond donors (Lipinski definition) is 1. The lowest BCUT2D eigenvalue weighted by molar-refractivity contribution is 0.599. The maximum atomic E-state index is 12.3. The van der Waals surface area contributed by atoms with Gasteiger partial charge in [-0.25, -0.2) is 16.8 Å². The van der Waals surface area contributed by atoms with Gasteiger partial charge in [-0.1, -0.05) is 18.2 Å². The van der Waals surface area contributed by atoms with Crippen molar-refractivity contribution < 1.29 is 16.8 Å². The van der Waals surface area contributed by atoms with Crippen LogP contribution in [0.25, 0.3) is 0 Å². The summed E-state index contributed by atoms with van der Waals surface area (Å²) in [6.07, 6.45) is 0.997. The van der Waals surface area contributed by atoms with E-state index in [4.69, 9.17) is 5.26 Å². The van der Waals surface area contributed by atoms with Crippen LogP contribution in [0.15, 0.2) is 58.3 Å². The van der Waals surface area contributed by atoms with Crippen LogP contribution in [0.2, 0.25) is 0 Å². The third kappa shape index (κ3) is 3.44. The van der Waals surface area contributed by atoms with Gasteiger partial charge in [-0.3, -0.25) is 4.72 Å². The maximum Gasteiger partial charge on any atom is 0.261 e. The summed E-state index contributed by atoms with van der Waals surface area (Å²) in [6, 6.07) is 13.0. The number of nitriles is 1. The molecule has 22 heavy (non-hydrogen) atoms. The molecule has 0 spiro atoms. The van der Waals surface area contributed by atoms with E-state index in [9.17, 15) is 16.8 Å². The van der Waals surface area contributed by atoms with Crippen molar-refractivity contribution in [2.45, 2.75) is 9.79 Å². The van der Waals surface area contributed by atoms with Gasteiger partial charge in [-0.15, -0.1) is 0 Å². The summed E-state index contributed by atoms with van der Waals surface area (Å²) in [5.41, 5.74) is 0.306. The van der Waals surface area contributed by atoms with E-state index >= 15 is 0 Å². The first-order valence-electron chi connectivity index (χ1n) is 6.06. The second-order valence-corrected chi connectivity index (χ2v) is 8.21. The minimum atomic E-state index is -3.99. The molecule has 0 saturated carbocycles. The molecule has 0 unspecified atom stereocenters. The molecular formula is C14H12N2O4S2. The normalized spacial score (nSPS) is 11.6. The fourth-order valence-corrected chi connectivity index (χ4v) is 3.61. The summed E-state index contributed by atoms with van der Waals surface area (Å²) in [7, 11) is -7.51. The highest BCUT2D eigenvalue weighted by molar-refractivity contribution is 7.93. The molecule has 0 aliphatic heterocycles. The van der Waals surface area contributed by atoms with Crippen LogP contribution < -0.4 is 4.72 Å². The topological polar surface area (TPSA) is 104 Å². The Kier molecular flexibility index (Phi) is 4.21. The summed E-state index contributed by atoms with van der Waals surface area (Å²) in [5, 5.41) is 8.97. The van der Waals surface area contributed by atoms with Crippen LogP contribution in [-0.2, 0) is 19.9 Å². The van der Waals surface area contributed by atoms with Crippen molar-refractivity contribution in [3.63, 3.8) is 0 Å². The SMILES string of the molecule is CS(=O)(=O)c1cccc(S(=O)(=O)Nc2ccccc2C#N)c1. The molecule has 6 nitrogen and oxygen atoms in total. The number of nitrogens with zero attached hydrogens (tertiary/aromatic N) is 1. The summed E-state index contributed by atoms with van der Waals surface area (Å²) in [5.74, 6) is 0. The summed E-state index contributed by atoms with van der Waals surface area (Å²) >= 11 is 0. The number of anilines is 1. The second kappa shape index (κ2) is 5.79. The van der Waals surface area contributed by atoms with E-state index in [2.05, 4.69) is 4.72 Å². The number of rotatable bonds is 4. The first-order valence-corrected chi connectivity index (χ1v) is 9.43. The Labute approximate surface area is 129 Å². The average Bonchev–Trinajstić information content (AvgIpc) is 2.47. The van der Waals surface area contributed by atoms with Gasteiger partial charge in [-0.05, 0) is 30.3 Å². The number of sulfone groups is 1. The third-order valence-corrected chi connectivity index (χ3v) is 5.31. The molecule has 0 aromatic heterocycles. The maximum absolute atomic E-state index is 12.3. The summed E-state index contributed by atoms with van der Waals surface area (Å²) in [6.45, 7) is 0. The molecule has 2 rings (SSSR count). The van der Waals surface area contributed by atoms with Crippen LogP contribution >= 0.6 is 0 Å². The molecule has 0 saturated heterocycles. The Morgan fingerprint density at radius 3 is 2.23 bits per heavy atom. The lowest BCUT2D eigenvalue weighted by Crippen LogP contribution is -2.14. The zero-order chi connectivity index (χ0) is 16.4. The predicted molar refractivity (Wildman–Crippen MR) is 81.5 cm³/mol. The molecule has 0 radical (unpaired) electrons. The molecule has 0 amide bonds. The molecular weight excluding hydrogens is 324 g/mol. The zero-order valence-corrected chi connectivity index (χ0v) is 13.1. The fourth-order valence-electron chi connectivity index (χ4n) is 1.75. The molecule has 1 N–H and O–H groups in total. The summed E-state index contributed by atoms with van der Waals surface area (Å²) < 4.78 is 50.0. The van der Waals surface area contributed by atoms with Crippen LogP contribution in [0, 0.1) is 11.3 Å². The number of benzene rings is 2. The Bertz CT molecular complexity index is 958. The highest BCUT2D eigenvalue weighted by Gasteiger charge is 2.18. The highest BCUT2D eigenvalue weighted by atomic mass is 32.2. The minimum absolute atomic E-state index is 0.0936. The molecule has 2 aromatic rings. The lowest BCUT2D eigenvalue weighted by Gasteiger charge is -2.10. The smallest absolute Gasteiger partial charge is 0.261 e.